The minimum Gasteiger partial charge on any atom is -0.480 e. The van der Waals surface area contributed by atoms with E-state index in [0.717, 1.165) is 0 Å². The average molecular weight is 483 g/mol. The first-order valence-electron chi connectivity index (χ1n) is 10.5. The van der Waals surface area contributed by atoms with E-state index in [1.54, 1.807) is 12.1 Å². The van der Waals surface area contributed by atoms with Gasteiger partial charge in [0.2, 0.25) is 0 Å². The third-order valence-electron chi connectivity index (χ3n) is 6.40. The first-order valence-corrected chi connectivity index (χ1v) is 12.0. The number of rotatable bonds is 7. The molecule has 1 saturated heterocycles. The summed E-state index contributed by atoms with van der Waals surface area (Å²) in [5.74, 6) is -3.96. The topological polar surface area (TPSA) is 73.9 Å². The molecule has 178 valence electrons. The molecule has 0 unspecified atom stereocenters. The quantitative estimate of drug-likeness (QED) is 0.599. The largest absolute Gasteiger partial charge is 0.494 e. The molecule has 2 aromatic carbocycles. The molecule has 0 bridgehead atoms. The molecule has 0 atom stereocenters. The number of nitrogens with one attached hydrogen (secondary N) is 1. The Balaban J connectivity index is 1.71. The van der Waals surface area contributed by atoms with Crippen LogP contribution < -0.4 is 14.9 Å². The number of ether oxygens (including phenoxy) is 1. The molecule has 0 amide bonds. The van der Waals surface area contributed by atoms with E-state index in [2.05, 4.69) is 0 Å². The van der Waals surface area contributed by atoms with Gasteiger partial charge >= 0.3 is 12.9 Å². The van der Waals surface area contributed by atoms with Crippen molar-refractivity contribution < 1.29 is 35.6 Å². The lowest BCUT2D eigenvalue weighted by Gasteiger charge is -2.32. The second-order valence-electron chi connectivity index (χ2n) is 9.35. The predicted molar refractivity (Wildman–Crippen MR) is 119 cm³/mol. The summed E-state index contributed by atoms with van der Waals surface area (Å²) in [6.45, 7) is 7.57. The Kier molecular flexibility index (Phi) is 5.74. The molecule has 33 heavy (non-hydrogen) atoms. The van der Waals surface area contributed by atoms with Gasteiger partial charge in [-0.2, -0.15) is 8.78 Å². The molecule has 2 fully saturated rings. The lowest BCUT2D eigenvalue weighted by Crippen LogP contribution is -2.41. The van der Waals surface area contributed by atoms with Gasteiger partial charge in [0.25, 0.3) is 10.0 Å². The zero-order valence-corrected chi connectivity index (χ0v) is 19.5. The highest BCUT2D eigenvalue weighted by Gasteiger charge is 2.52. The molecule has 0 aromatic heterocycles. The van der Waals surface area contributed by atoms with Gasteiger partial charge in [-0.15, -0.1) is 0 Å². The molecule has 1 N–H and O–H groups in total. The van der Waals surface area contributed by atoms with Crippen molar-refractivity contribution in [2.75, 3.05) is 4.72 Å². The van der Waals surface area contributed by atoms with Crippen LogP contribution in [0.5, 0.6) is 5.75 Å². The summed E-state index contributed by atoms with van der Waals surface area (Å²) in [6.07, 6.45) is 1.20. The molecule has 0 radical (unpaired) electrons. The van der Waals surface area contributed by atoms with Crippen LogP contribution in [0.1, 0.15) is 46.1 Å². The van der Waals surface area contributed by atoms with Crippen LogP contribution in [0.4, 0.5) is 18.9 Å². The van der Waals surface area contributed by atoms with E-state index >= 15 is 0 Å². The van der Waals surface area contributed by atoms with Crippen molar-refractivity contribution in [3.8, 4) is 5.75 Å². The van der Waals surface area contributed by atoms with Gasteiger partial charge in [-0.1, -0.05) is 18.2 Å². The second kappa shape index (κ2) is 7.92. The van der Waals surface area contributed by atoms with Crippen LogP contribution in [0.2, 0.25) is 0 Å². The van der Waals surface area contributed by atoms with E-state index in [9.17, 15) is 21.6 Å². The van der Waals surface area contributed by atoms with Crippen LogP contribution in [0.15, 0.2) is 42.5 Å². The Labute approximate surface area is 191 Å². The lowest BCUT2D eigenvalue weighted by atomic mass is 9.79. The Morgan fingerprint density at radius 3 is 2.09 bits per heavy atom. The van der Waals surface area contributed by atoms with Gasteiger partial charge in [0.1, 0.15) is 17.2 Å². The summed E-state index contributed by atoms with van der Waals surface area (Å²) < 4.78 is 83.3. The molecular weight excluding hydrogens is 458 g/mol. The summed E-state index contributed by atoms with van der Waals surface area (Å²) in [5, 5.41) is 0. The maximum absolute atomic E-state index is 13.4. The van der Waals surface area contributed by atoms with Gasteiger partial charge < -0.3 is 14.0 Å². The van der Waals surface area contributed by atoms with Crippen molar-refractivity contribution in [3.63, 3.8) is 0 Å². The van der Waals surface area contributed by atoms with Crippen LogP contribution in [0.3, 0.4) is 0 Å². The zero-order valence-electron chi connectivity index (χ0n) is 18.7. The van der Waals surface area contributed by atoms with Gasteiger partial charge in [-0.25, -0.2) is 12.8 Å². The monoisotopic (exact) mass is 483 g/mol. The average Bonchev–Trinajstić information content (AvgIpc) is 3.44. The Morgan fingerprint density at radius 1 is 1.00 bits per heavy atom. The van der Waals surface area contributed by atoms with Crippen LogP contribution >= 0.6 is 0 Å². The number of sulfonamides is 1. The minimum atomic E-state index is -4.92. The highest BCUT2D eigenvalue weighted by molar-refractivity contribution is 7.93. The van der Waals surface area contributed by atoms with Gasteiger partial charge in [0.05, 0.1) is 16.9 Å². The summed E-state index contributed by atoms with van der Waals surface area (Å²) in [5.41, 5.74) is -0.927. The lowest BCUT2D eigenvalue weighted by molar-refractivity contribution is 0.00578. The predicted octanol–water partition coefficient (Wildman–Crippen LogP) is 4.16. The normalized spacial score (nSPS) is 20.7. The first kappa shape index (κ1) is 23.9. The first-order chi connectivity index (χ1) is 15.2. The number of hydrogen-bond acceptors (Lipinski definition) is 5. The highest BCUT2D eigenvalue weighted by Crippen LogP contribution is 2.50. The van der Waals surface area contributed by atoms with Crippen molar-refractivity contribution >= 4 is 28.3 Å². The van der Waals surface area contributed by atoms with Crippen LogP contribution in [0.25, 0.3) is 0 Å². The third-order valence-corrected chi connectivity index (χ3v) is 7.37. The van der Waals surface area contributed by atoms with Crippen LogP contribution in [-0.4, -0.2) is 32.5 Å². The minimum absolute atomic E-state index is 0.0493. The SMILES string of the molecule is CC1(C)OB(c2ccc(NS(=O)(=O)C(F)F)c(OC3(c4ccc(F)cc4)CC3)c2)OC1(C)C. The van der Waals surface area contributed by atoms with Crippen molar-refractivity contribution in [3.05, 3.63) is 53.8 Å². The third kappa shape index (κ3) is 4.58. The number of hydrogen-bond donors (Lipinski definition) is 1. The van der Waals surface area contributed by atoms with E-state index in [4.69, 9.17) is 14.0 Å². The van der Waals surface area contributed by atoms with Crippen molar-refractivity contribution in [2.24, 2.45) is 0 Å². The summed E-state index contributed by atoms with van der Waals surface area (Å²) in [7, 11) is -5.69. The van der Waals surface area contributed by atoms with Gasteiger partial charge in [0, 0.05) is 0 Å². The molecule has 1 heterocycles. The maximum atomic E-state index is 13.4. The van der Waals surface area contributed by atoms with Crippen molar-refractivity contribution in [1.29, 1.82) is 0 Å². The molecule has 1 aliphatic heterocycles. The fourth-order valence-corrected chi connectivity index (χ4v) is 4.12. The van der Waals surface area contributed by atoms with Crippen LogP contribution in [-0.2, 0) is 24.9 Å². The molecule has 1 aliphatic carbocycles. The summed E-state index contributed by atoms with van der Waals surface area (Å²) in [4.78, 5) is 0. The highest BCUT2D eigenvalue weighted by atomic mass is 32.2. The van der Waals surface area contributed by atoms with Crippen LogP contribution in [0, 0.1) is 5.82 Å². The Hall–Kier alpha value is -2.24. The zero-order chi connectivity index (χ0) is 24.2. The molecule has 6 nitrogen and oxygen atoms in total. The fourth-order valence-electron chi connectivity index (χ4n) is 3.56. The van der Waals surface area contributed by atoms with Gasteiger partial charge in [-0.05, 0) is 75.8 Å². The van der Waals surface area contributed by atoms with Gasteiger partial charge in [0.15, 0.2) is 0 Å². The molecule has 11 heteroatoms. The number of benzene rings is 2. The Bertz CT molecular complexity index is 1140. The van der Waals surface area contributed by atoms with E-state index < -0.39 is 45.5 Å². The molecule has 2 aliphatic rings. The fraction of sp³-hybridized carbons (Fsp3) is 0.455. The smallest absolute Gasteiger partial charge is 0.480 e. The molecule has 2 aromatic rings. The molecular formula is C22H25BF3NO5S. The van der Waals surface area contributed by atoms with Crippen molar-refractivity contribution in [1.82, 2.24) is 0 Å². The van der Waals surface area contributed by atoms with E-state index in [1.807, 2.05) is 32.4 Å². The van der Waals surface area contributed by atoms with E-state index in [1.165, 1.54) is 30.3 Å². The molecule has 4 rings (SSSR count). The maximum Gasteiger partial charge on any atom is 0.494 e. The van der Waals surface area contributed by atoms with Gasteiger partial charge in [-0.3, -0.25) is 4.72 Å². The molecule has 1 saturated carbocycles. The number of anilines is 1. The summed E-state index contributed by atoms with van der Waals surface area (Å²) in [6, 6.07) is 10.2. The Morgan fingerprint density at radius 2 is 1.58 bits per heavy atom. The van der Waals surface area contributed by atoms with E-state index in [0.29, 0.717) is 23.9 Å². The number of alkyl halides is 2. The molecule has 0 spiro atoms. The van der Waals surface area contributed by atoms with Crippen molar-refractivity contribution in [2.45, 2.75) is 63.1 Å². The standard InChI is InChI=1S/C22H25BF3NO5S/c1-20(2)21(3,4)32-23(31-20)15-7-10-17(27-33(28,29)19(25)26)18(13-15)30-22(11-12-22)14-5-8-16(24)9-6-14/h5-10,13,19,27H,11-12H2,1-4H3. The van der Waals surface area contributed by atoms with E-state index in [-0.39, 0.29) is 11.4 Å². The number of halogens is 3. The second-order valence-corrected chi connectivity index (χ2v) is 11.0. The summed E-state index contributed by atoms with van der Waals surface area (Å²) >= 11 is 0.